The van der Waals surface area contributed by atoms with E-state index in [0.29, 0.717) is 25.7 Å². The third-order valence-electron chi connectivity index (χ3n) is 2.03. The van der Waals surface area contributed by atoms with Crippen LogP contribution in [0.3, 0.4) is 0 Å². The van der Waals surface area contributed by atoms with E-state index in [2.05, 4.69) is 20.3 Å². The number of anilines is 1. The highest BCUT2D eigenvalue weighted by molar-refractivity contribution is 6.28. The molecule has 0 aliphatic carbocycles. The highest BCUT2D eigenvalue weighted by Crippen LogP contribution is 2.11. The fourth-order valence-corrected chi connectivity index (χ4v) is 1.36. The smallest absolute Gasteiger partial charge is 0.322 e. The largest absolute Gasteiger partial charge is 0.464 e. The Bertz CT molecular complexity index is 367. The predicted molar refractivity (Wildman–Crippen MR) is 67.2 cm³/mol. The van der Waals surface area contributed by atoms with Gasteiger partial charge in [0.25, 0.3) is 0 Å². The zero-order valence-electron chi connectivity index (χ0n) is 10.6. The van der Waals surface area contributed by atoms with Crippen LogP contribution in [0.2, 0.25) is 5.28 Å². The van der Waals surface area contributed by atoms with Crippen LogP contribution in [0.1, 0.15) is 6.92 Å². The molecule has 0 fully saturated rings. The van der Waals surface area contributed by atoms with Gasteiger partial charge in [-0.15, -0.1) is 0 Å². The predicted octanol–water partition coefficient (Wildman–Crippen LogP) is 0.997. The van der Waals surface area contributed by atoms with Gasteiger partial charge in [-0.1, -0.05) is 0 Å². The molecule has 1 heterocycles. The lowest BCUT2D eigenvalue weighted by atomic mass is 10.4. The Hall–Kier alpha value is -1.18. The topological polar surface area (TPSA) is 78.4 Å². The molecule has 1 N–H and O–H groups in total. The average molecular weight is 277 g/mol. The van der Waals surface area contributed by atoms with E-state index in [1.807, 2.05) is 6.92 Å². The van der Waals surface area contributed by atoms with E-state index in [9.17, 15) is 0 Å². The van der Waals surface area contributed by atoms with Crippen LogP contribution in [0.15, 0.2) is 0 Å². The molecule has 18 heavy (non-hydrogen) atoms. The summed E-state index contributed by atoms with van der Waals surface area (Å²) in [6.45, 7) is 3.27. The third kappa shape index (κ3) is 4.99. The Balaban J connectivity index is 2.60. The van der Waals surface area contributed by atoms with Crippen LogP contribution in [-0.2, 0) is 9.47 Å². The first-order chi connectivity index (χ1) is 8.69. The minimum Gasteiger partial charge on any atom is -0.464 e. The molecule has 0 radical (unpaired) electrons. The summed E-state index contributed by atoms with van der Waals surface area (Å²) in [7, 11) is 3.22. The SMILES string of the molecule is CCOc1nc(Cl)nc(NCC(COC)OC)n1. The van der Waals surface area contributed by atoms with Gasteiger partial charge in [0.15, 0.2) is 0 Å². The molecule has 1 unspecified atom stereocenters. The van der Waals surface area contributed by atoms with Crippen molar-refractivity contribution in [3.8, 4) is 6.01 Å². The van der Waals surface area contributed by atoms with Crippen molar-refractivity contribution >= 4 is 17.5 Å². The van der Waals surface area contributed by atoms with Crippen molar-refractivity contribution in [2.45, 2.75) is 13.0 Å². The summed E-state index contributed by atoms with van der Waals surface area (Å²) in [6.07, 6.45) is -0.0962. The van der Waals surface area contributed by atoms with Crippen molar-refractivity contribution in [2.75, 3.05) is 39.3 Å². The summed E-state index contributed by atoms with van der Waals surface area (Å²) in [4.78, 5) is 11.8. The van der Waals surface area contributed by atoms with Gasteiger partial charge in [-0.3, -0.25) is 0 Å². The highest BCUT2D eigenvalue weighted by atomic mass is 35.5. The molecule has 1 atom stereocenters. The summed E-state index contributed by atoms with van der Waals surface area (Å²) < 4.78 is 15.4. The Morgan fingerprint density at radius 3 is 2.67 bits per heavy atom. The van der Waals surface area contributed by atoms with Crippen molar-refractivity contribution in [2.24, 2.45) is 0 Å². The maximum absolute atomic E-state index is 5.76. The number of ether oxygens (including phenoxy) is 3. The van der Waals surface area contributed by atoms with Crippen LogP contribution >= 0.6 is 11.6 Å². The quantitative estimate of drug-likeness (QED) is 0.759. The molecule has 0 aromatic carbocycles. The van der Waals surface area contributed by atoms with Gasteiger partial charge in [0.05, 0.1) is 19.3 Å². The first-order valence-electron chi connectivity index (χ1n) is 5.49. The lowest BCUT2D eigenvalue weighted by Gasteiger charge is -2.15. The summed E-state index contributed by atoms with van der Waals surface area (Å²) in [6, 6.07) is 0.195. The molecule has 8 heteroatoms. The molecule has 102 valence electrons. The lowest BCUT2D eigenvalue weighted by Crippen LogP contribution is -2.27. The second-order valence-electron chi connectivity index (χ2n) is 3.34. The second kappa shape index (κ2) is 8.02. The van der Waals surface area contributed by atoms with Crippen molar-refractivity contribution in [1.82, 2.24) is 15.0 Å². The maximum Gasteiger partial charge on any atom is 0.322 e. The van der Waals surface area contributed by atoms with Crippen molar-refractivity contribution < 1.29 is 14.2 Å². The number of aromatic nitrogens is 3. The number of hydrogen-bond donors (Lipinski definition) is 1. The molecule has 1 aromatic heterocycles. The first-order valence-corrected chi connectivity index (χ1v) is 5.87. The van der Waals surface area contributed by atoms with Gasteiger partial charge in [-0.2, -0.15) is 15.0 Å². The van der Waals surface area contributed by atoms with E-state index in [-0.39, 0.29) is 17.4 Å². The zero-order chi connectivity index (χ0) is 13.4. The number of rotatable bonds is 8. The molecule has 0 aliphatic heterocycles. The van der Waals surface area contributed by atoms with E-state index in [4.69, 9.17) is 25.8 Å². The standard InChI is InChI=1S/C10H17ClN4O3/c1-4-18-10-14-8(11)13-9(15-10)12-5-7(17-3)6-16-2/h7H,4-6H2,1-3H3,(H,12,13,14,15). The van der Waals surface area contributed by atoms with Crippen LogP contribution in [-0.4, -0.2) is 55.0 Å². The average Bonchev–Trinajstić information content (AvgIpc) is 2.34. The number of methoxy groups -OCH3 is 2. The summed E-state index contributed by atoms with van der Waals surface area (Å²) in [5.74, 6) is 0.344. The maximum atomic E-state index is 5.76. The minimum absolute atomic E-state index is 0.0802. The minimum atomic E-state index is -0.0962. The van der Waals surface area contributed by atoms with Gasteiger partial charge < -0.3 is 19.5 Å². The monoisotopic (exact) mass is 276 g/mol. The van der Waals surface area contributed by atoms with E-state index in [0.717, 1.165) is 0 Å². The number of nitrogens with one attached hydrogen (secondary N) is 1. The van der Waals surface area contributed by atoms with Crippen LogP contribution < -0.4 is 10.1 Å². The van der Waals surface area contributed by atoms with Gasteiger partial charge in [-0.05, 0) is 18.5 Å². The van der Waals surface area contributed by atoms with E-state index in [1.54, 1.807) is 14.2 Å². The third-order valence-corrected chi connectivity index (χ3v) is 2.20. The van der Waals surface area contributed by atoms with Crippen LogP contribution in [0.5, 0.6) is 6.01 Å². The fraction of sp³-hybridized carbons (Fsp3) is 0.700. The summed E-state index contributed by atoms with van der Waals surface area (Å²) in [5, 5.41) is 3.07. The van der Waals surface area contributed by atoms with Gasteiger partial charge >= 0.3 is 6.01 Å². The van der Waals surface area contributed by atoms with Crippen molar-refractivity contribution in [3.63, 3.8) is 0 Å². The number of nitrogens with zero attached hydrogens (tertiary/aromatic N) is 3. The number of halogens is 1. The summed E-state index contributed by atoms with van der Waals surface area (Å²) in [5.41, 5.74) is 0. The molecule has 0 saturated carbocycles. The first kappa shape index (κ1) is 14.9. The molecule has 0 saturated heterocycles. The normalized spacial score (nSPS) is 12.2. The van der Waals surface area contributed by atoms with Gasteiger partial charge in [0, 0.05) is 20.8 Å². The molecule has 0 amide bonds. The van der Waals surface area contributed by atoms with Crippen LogP contribution in [0, 0.1) is 0 Å². The van der Waals surface area contributed by atoms with Gasteiger partial charge in [-0.25, -0.2) is 0 Å². The van der Waals surface area contributed by atoms with Crippen LogP contribution in [0.4, 0.5) is 5.95 Å². The van der Waals surface area contributed by atoms with Crippen molar-refractivity contribution in [1.29, 1.82) is 0 Å². The molecule has 1 rings (SSSR count). The highest BCUT2D eigenvalue weighted by Gasteiger charge is 2.09. The molecular weight excluding hydrogens is 260 g/mol. The van der Waals surface area contributed by atoms with Crippen molar-refractivity contribution in [3.05, 3.63) is 5.28 Å². The number of hydrogen-bond acceptors (Lipinski definition) is 7. The van der Waals surface area contributed by atoms with Crippen LogP contribution in [0.25, 0.3) is 0 Å². The second-order valence-corrected chi connectivity index (χ2v) is 3.68. The fourth-order valence-electron chi connectivity index (χ4n) is 1.21. The Kier molecular flexibility index (Phi) is 6.63. The molecule has 0 bridgehead atoms. The molecule has 0 spiro atoms. The molecular formula is C10H17ClN4O3. The van der Waals surface area contributed by atoms with Gasteiger partial charge in [0.2, 0.25) is 11.2 Å². The Labute approximate surface area is 111 Å². The van der Waals surface area contributed by atoms with E-state index in [1.165, 1.54) is 0 Å². The summed E-state index contributed by atoms with van der Waals surface area (Å²) >= 11 is 5.76. The molecule has 7 nitrogen and oxygen atoms in total. The molecule has 1 aromatic rings. The van der Waals surface area contributed by atoms with E-state index < -0.39 is 0 Å². The Morgan fingerprint density at radius 1 is 1.28 bits per heavy atom. The zero-order valence-corrected chi connectivity index (χ0v) is 11.4. The van der Waals surface area contributed by atoms with E-state index >= 15 is 0 Å². The molecule has 0 aliphatic rings. The lowest BCUT2D eigenvalue weighted by molar-refractivity contribution is 0.0364. The Morgan fingerprint density at radius 2 is 2.06 bits per heavy atom. The van der Waals surface area contributed by atoms with Gasteiger partial charge in [0.1, 0.15) is 0 Å².